The van der Waals surface area contributed by atoms with Crippen LogP contribution >= 0.6 is 34.8 Å². The van der Waals surface area contributed by atoms with E-state index in [1.54, 1.807) is 12.1 Å². The standard InChI is InChI=1S/C12H10Cl3N/c1-6(2)7-5-8-9(13)3-4-10(14)11(8)16-12(7)15/h3-6H,1-2H3. The minimum Gasteiger partial charge on any atom is -0.234 e. The number of aromatic nitrogens is 1. The van der Waals surface area contributed by atoms with Gasteiger partial charge in [0.2, 0.25) is 0 Å². The molecule has 0 radical (unpaired) electrons. The minimum atomic E-state index is 0.305. The number of pyridine rings is 1. The fraction of sp³-hybridized carbons (Fsp3) is 0.250. The first-order valence-electron chi connectivity index (χ1n) is 4.95. The molecule has 0 bridgehead atoms. The third-order valence-electron chi connectivity index (χ3n) is 2.48. The Bertz CT molecular complexity index is 549. The highest BCUT2D eigenvalue weighted by atomic mass is 35.5. The summed E-state index contributed by atoms with van der Waals surface area (Å²) in [6.45, 7) is 4.13. The maximum atomic E-state index is 6.12. The van der Waals surface area contributed by atoms with Crippen LogP contribution in [0.2, 0.25) is 15.2 Å². The van der Waals surface area contributed by atoms with Crippen molar-refractivity contribution < 1.29 is 0 Å². The van der Waals surface area contributed by atoms with Gasteiger partial charge in [-0.3, -0.25) is 0 Å². The summed E-state index contributed by atoms with van der Waals surface area (Å²) in [5.41, 5.74) is 1.64. The van der Waals surface area contributed by atoms with E-state index >= 15 is 0 Å². The lowest BCUT2D eigenvalue weighted by Gasteiger charge is -2.10. The first-order valence-corrected chi connectivity index (χ1v) is 6.08. The molecule has 2 aromatic rings. The Morgan fingerprint density at radius 3 is 2.31 bits per heavy atom. The zero-order valence-corrected chi connectivity index (χ0v) is 11.2. The summed E-state index contributed by atoms with van der Waals surface area (Å²) in [6, 6.07) is 5.46. The molecule has 84 valence electrons. The number of hydrogen-bond acceptors (Lipinski definition) is 1. The van der Waals surface area contributed by atoms with Crippen LogP contribution < -0.4 is 0 Å². The lowest BCUT2D eigenvalue weighted by Crippen LogP contribution is -1.93. The lowest BCUT2D eigenvalue weighted by molar-refractivity contribution is 0.862. The number of fused-ring (bicyclic) bond motifs is 1. The number of halogens is 3. The van der Waals surface area contributed by atoms with Crippen molar-refractivity contribution in [2.45, 2.75) is 19.8 Å². The van der Waals surface area contributed by atoms with Gasteiger partial charge in [0, 0.05) is 5.39 Å². The van der Waals surface area contributed by atoms with Crippen molar-refractivity contribution in [1.29, 1.82) is 0 Å². The maximum absolute atomic E-state index is 6.12. The number of hydrogen-bond donors (Lipinski definition) is 0. The fourth-order valence-electron chi connectivity index (χ4n) is 1.59. The molecule has 0 aliphatic heterocycles. The van der Waals surface area contributed by atoms with E-state index in [0.717, 1.165) is 10.9 Å². The summed E-state index contributed by atoms with van der Waals surface area (Å²) < 4.78 is 0. The van der Waals surface area contributed by atoms with Crippen molar-refractivity contribution >= 4 is 45.7 Å². The molecule has 0 amide bonds. The summed E-state index contributed by atoms with van der Waals surface area (Å²) in [5.74, 6) is 0.305. The number of rotatable bonds is 1. The van der Waals surface area contributed by atoms with Crippen LogP contribution in [0.4, 0.5) is 0 Å². The first-order chi connectivity index (χ1) is 7.50. The monoisotopic (exact) mass is 273 g/mol. The van der Waals surface area contributed by atoms with Gasteiger partial charge in [-0.05, 0) is 29.7 Å². The molecule has 2 rings (SSSR count). The molecule has 0 saturated carbocycles. The van der Waals surface area contributed by atoms with Gasteiger partial charge in [-0.15, -0.1) is 0 Å². The molecule has 0 aliphatic carbocycles. The molecule has 1 aromatic carbocycles. The normalized spacial score (nSPS) is 11.4. The Morgan fingerprint density at radius 2 is 1.69 bits per heavy atom. The summed E-state index contributed by atoms with van der Waals surface area (Å²) in [6.07, 6.45) is 0. The van der Waals surface area contributed by atoms with Crippen molar-refractivity contribution in [3.8, 4) is 0 Å². The van der Waals surface area contributed by atoms with Gasteiger partial charge in [-0.25, -0.2) is 4.98 Å². The predicted molar refractivity (Wildman–Crippen MR) is 70.9 cm³/mol. The fourth-order valence-corrected chi connectivity index (χ4v) is 2.36. The highest BCUT2D eigenvalue weighted by Gasteiger charge is 2.12. The number of benzene rings is 1. The number of nitrogens with zero attached hydrogens (tertiary/aromatic N) is 1. The van der Waals surface area contributed by atoms with E-state index in [-0.39, 0.29) is 0 Å². The molecule has 0 spiro atoms. The van der Waals surface area contributed by atoms with Gasteiger partial charge in [-0.1, -0.05) is 48.7 Å². The molecule has 16 heavy (non-hydrogen) atoms. The van der Waals surface area contributed by atoms with Crippen LogP contribution in [0, 0.1) is 0 Å². The van der Waals surface area contributed by atoms with Crippen LogP contribution in [0.15, 0.2) is 18.2 Å². The van der Waals surface area contributed by atoms with Gasteiger partial charge in [0.25, 0.3) is 0 Å². The molecule has 4 heteroatoms. The first kappa shape index (κ1) is 12.0. The average Bonchev–Trinajstić information content (AvgIpc) is 2.23. The van der Waals surface area contributed by atoms with Crippen molar-refractivity contribution in [2.24, 2.45) is 0 Å². The van der Waals surface area contributed by atoms with Crippen LogP contribution in [0.5, 0.6) is 0 Å². The van der Waals surface area contributed by atoms with Crippen molar-refractivity contribution in [3.63, 3.8) is 0 Å². The molecule has 1 aromatic heterocycles. The van der Waals surface area contributed by atoms with E-state index in [1.165, 1.54) is 0 Å². The zero-order valence-electron chi connectivity index (χ0n) is 8.89. The second kappa shape index (κ2) is 4.40. The third kappa shape index (κ3) is 2.00. The van der Waals surface area contributed by atoms with Gasteiger partial charge in [0.1, 0.15) is 5.15 Å². The lowest BCUT2D eigenvalue weighted by atomic mass is 10.0. The maximum Gasteiger partial charge on any atom is 0.133 e. The van der Waals surface area contributed by atoms with Gasteiger partial charge >= 0.3 is 0 Å². The van der Waals surface area contributed by atoms with Crippen molar-refractivity contribution in [1.82, 2.24) is 4.98 Å². The predicted octanol–water partition coefficient (Wildman–Crippen LogP) is 5.32. The van der Waals surface area contributed by atoms with Gasteiger partial charge in [0.05, 0.1) is 15.6 Å². The average molecular weight is 275 g/mol. The Balaban J connectivity index is 2.84. The SMILES string of the molecule is CC(C)c1cc2c(Cl)ccc(Cl)c2nc1Cl. The summed E-state index contributed by atoms with van der Waals surface area (Å²) in [4.78, 5) is 4.31. The Hall–Kier alpha value is -0.500. The second-order valence-corrected chi connectivity index (χ2v) is 5.12. The minimum absolute atomic E-state index is 0.305. The third-order valence-corrected chi connectivity index (χ3v) is 3.42. The van der Waals surface area contributed by atoms with Crippen molar-refractivity contribution in [2.75, 3.05) is 0 Å². The van der Waals surface area contributed by atoms with Gasteiger partial charge < -0.3 is 0 Å². The van der Waals surface area contributed by atoms with E-state index in [1.807, 2.05) is 6.07 Å². The second-order valence-electron chi connectivity index (χ2n) is 3.95. The summed E-state index contributed by atoms with van der Waals surface area (Å²) in [5, 5.41) is 2.55. The molecule has 1 nitrogen and oxygen atoms in total. The van der Waals surface area contributed by atoms with E-state index in [9.17, 15) is 0 Å². The molecule has 0 N–H and O–H groups in total. The van der Waals surface area contributed by atoms with Gasteiger partial charge in [0.15, 0.2) is 0 Å². The van der Waals surface area contributed by atoms with Crippen LogP contribution in [0.25, 0.3) is 10.9 Å². The molecule has 0 unspecified atom stereocenters. The van der Waals surface area contributed by atoms with Crippen LogP contribution in [0.3, 0.4) is 0 Å². The Kier molecular flexibility index (Phi) is 3.29. The largest absolute Gasteiger partial charge is 0.234 e. The molecular formula is C12H10Cl3N. The molecule has 0 fully saturated rings. The molecule has 1 heterocycles. The Morgan fingerprint density at radius 1 is 1.06 bits per heavy atom. The van der Waals surface area contributed by atoms with E-state index in [2.05, 4.69) is 18.8 Å². The highest BCUT2D eigenvalue weighted by molar-refractivity contribution is 6.40. The van der Waals surface area contributed by atoms with E-state index in [0.29, 0.717) is 26.6 Å². The highest BCUT2D eigenvalue weighted by Crippen LogP contribution is 2.33. The molecule has 0 aliphatic rings. The molecule has 0 saturated heterocycles. The van der Waals surface area contributed by atoms with E-state index in [4.69, 9.17) is 34.8 Å². The van der Waals surface area contributed by atoms with Gasteiger partial charge in [-0.2, -0.15) is 0 Å². The van der Waals surface area contributed by atoms with Crippen molar-refractivity contribution in [3.05, 3.63) is 39.0 Å². The summed E-state index contributed by atoms with van der Waals surface area (Å²) >= 11 is 18.3. The summed E-state index contributed by atoms with van der Waals surface area (Å²) in [7, 11) is 0. The van der Waals surface area contributed by atoms with Crippen LogP contribution in [-0.4, -0.2) is 4.98 Å². The smallest absolute Gasteiger partial charge is 0.133 e. The van der Waals surface area contributed by atoms with Crippen LogP contribution in [-0.2, 0) is 0 Å². The Labute approximate surface area is 109 Å². The molecular weight excluding hydrogens is 264 g/mol. The topological polar surface area (TPSA) is 12.9 Å². The molecule has 0 atom stereocenters. The zero-order chi connectivity index (χ0) is 11.9. The van der Waals surface area contributed by atoms with Crippen LogP contribution in [0.1, 0.15) is 25.3 Å². The quantitative estimate of drug-likeness (QED) is 0.641. The van der Waals surface area contributed by atoms with E-state index < -0.39 is 0 Å².